The van der Waals surface area contributed by atoms with E-state index in [0.717, 1.165) is 23.2 Å². The van der Waals surface area contributed by atoms with Crippen molar-refractivity contribution in [2.75, 3.05) is 0 Å². The molecule has 1 aromatic heterocycles. The minimum Gasteiger partial charge on any atom is -0.493 e. The summed E-state index contributed by atoms with van der Waals surface area (Å²) in [5.41, 5.74) is 3.81. The van der Waals surface area contributed by atoms with Gasteiger partial charge < -0.3 is 5.11 Å². The summed E-state index contributed by atoms with van der Waals surface area (Å²) < 4.78 is 1.71. The van der Waals surface area contributed by atoms with E-state index >= 15 is 0 Å². The summed E-state index contributed by atoms with van der Waals surface area (Å²) in [6.07, 6.45) is 0.805. The van der Waals surface area contributed by atoms with E-state index in [1.54, 1.807) is 4.68 Å². The van der Waals surface area contributed by atoms with Crippen molar-refractivity contribution in [1.29, 1.82) is 0 Å². The third kappa shape index (κ3) is 2.50. The molecule has 0 unspecified atom stereocenters. The zero-order valence-corrected chi connectivity index (χ0v) is 12.4. The van der Waals surface area contributed by atoms with E-state index in [1.165, 1.54) is 5.56 Å². The maximum Gasteiger partial charge on any atom is 0.218 e. The van der Waals surface area contributed by atoms with Crippen molar-refractivity contribution < 1.29 is 5.11 Å². The first-order valence-corrected chi connectivity index (χ1v) is 6.73. The summed E-state index contributed by atoms with van der Waals surface area (Å²) in [5, 5.41) is 15.1. The summed E-state index contributed by atoms with van der Waals surface area (Å²) >= 11 is 0. The van der Waals surface area contributed by atoms with Gasteiger partial charge in [-0.25, -0.2) is 4.68 Å². The van der Waals surface area contributed by atoms with Gasteiger partial charge in [0.05, 0.1) is 16.8 Å². The molecule has 0 bridgehead atoms. The number of aromatic nitrogens is 2. The average Bonchev–Trinajstić information content (AvgIpc) is 2.67. The predicted molar refractivity (Wildman–Crippen MR) is 78.4 cm³/mol. The van der Waals surface area contributed by atoms with E-state index in [9.17, 15) is 5.11 Å². The molecule has 0 aliphatic carbocycles. The molecule has 0 saturated carbocycles. The second-order valence-corrected chi connectivity index (χ2v) is 5.95. The lowest BCUT2D eigenvalue weighted by Gasteiger charge is -2.20. The van der Waals surface area contributed by atoms with E-state index in [2.05, 4.69) is 31.1 Å². The van der Waals surface area contributed by atoms with Crippen LogP contribution >= 0.6 is 0 Å². The van der Waals surface area contributed by atoms with Gasteiger partial charge in [-0.15, -0.1) is 0 Å². The van der Waals surface area contributed by atoms with Gasteiger partial charge in [0.1, 0.15) is 0 Å². The molecule has 0 aliphatic heterocycles. The second-order valence-electron chi connectivity index (χ2n) is 5.95. The SMILES string of the molecule is CCc1nn(C(C)(C)C)c(O)c1-c1ccc(C)cc1. The van der Waals surface area contributed by atoms with Crippen LogP contribution in [0.4, 0.5) is 0 Å². The van der Waals surface area contributed by atoms with Crippen molar-refractivity contribution in [1.82, 2.24) is 9.78 Å². The van der Waals surface area contributed by atoms with Crippen molar-refractivity contribution in [2.24, 2.45) is 0 Å². The number of rotatable bonds is 2. The third-order valence-corrected chi connectivity index (χ3v) is 3.24. The zero-order valence-electron chi connectivity index (χ0n) is 12.4. The van der Waals surface area contributed by atoms with Crippen molar-refractivity contribution in [3.05, 3.63) is 35.5 Å². The van der Waals surface area contributed by atoms with Crippen LogP contribution in [0.3, 0.4) is 0 Å². The van der Waals surface area contributed by atoms with Crippen molar-refractivity contribution in [3.63, 3.8) is 0 Å². The Morgan fingerprint density at radius 2 is 1.74 bits per heavy atom. The lowest BCUT2D eigenvalue weighted by molar-refractivity contribution is 0.294. The fourth-order valence-electron chi connectivity index (χ4n) is 2.18. The van der Waals surface area contributed by atoms with Gasteiger partial charge in [-0.2, -0.15) is 5.10 Å². The Bertz CT molecular complexity index is 574. The molecule has 0 saturated heterocycles. The van der Waals surface area contributed by atoms with Crippen LogP contribution in [0.2, 0.25) is 0 Å². The summed E-state index contributed by atoms with van der Waals surface area (Å²) in [4.78, 5) is 0. The van der Waals surface area contributed by atoms with Crippen LogP contribution < -0.4 is 0 Å². The molecule has 0 aliphatic rings. The molecule has 1 N–H and O–H groups in total. The molecule has 19 heavy (non-hydrogen) atoms. The minimum absolute atomic E-state index is 0.225. The molecule has 2 rings (SSSR count). The molecular weight excluding hydrogens is 236 g/mol. The fraction of sp³-hybridized carbons (Fsp3) is 0.438. The Hall–Kier alpha value is -1.77. The van der Waals surface area contributed by atoms with Gasteiger partial charge in [-0.1, -0.05) is 36.8 Å². The molecule has 0 atom stereocenters. The van der Waals surface area contributed by atoms with E-state index in [1.807, 2.05) is 32.9 Å². The fourth-order valence-corrected chi connectivity index (χ4v) is 2.18. The van der Waals surface area contributed by atoms with Crippen LogP contribution in [0.1, 0.15) is 39.0 Å². The highest BCUT2D eigenvalue weighted by Gasteiger charge is 2.24. The van der Waals surface area contributed by atoms with Gasteiger partial charge in [0, 0.05) is 0 Å². The molecule has 1 aromatic carbocycles. The third-order valence-electron chi connectivity index (χ3n) is 3.24. The maximum absolute atomic E-state index is 10.5. The quantitative estimate of drug-likeness (QED) is 0.887. The highest BCUT2D eigenvalue weighted by molar-refractivity contribution is 5.71. The van der Waals surface area contributed by atoms with Crippen LogP contribution in [-0.4, -0.2) is 14.9 Å². The Kier molecular flexibility index (Phi) is 3.40. The number of benzene rings is 1. The lowest BCUT2D eigenvalue weighted by atomic mass is 10.0. The van der Waals surface area contributed by atoms with E-state index in [0.29, 0.717) is 0 Å². The Morgan fingerprint density at radius 1 is 1.16 bits per heavy atom. The van der Waals surface area contributed by atoms with Crippen LogP contribution in [0.5, 0.6) is 5.88 Å². The van der Waals surface area contributed by atoms with E-state index in [4.69, 9.17) is 0 Å². The van der Waals surface area contributed by atoms with Gasteiger partial charge in [-0.05, 0) is 39.7 Å². The smallest absolute Gasteiger partial charge is 0.218 e. The number of nitrogens with zero attached hydrogens (tertiary/aromatic N) is 2. The first-order valence-electron chi connectivity index (χ1n) is 6.73. The highest BCUT2D eigenvalue weighted by atomic mass is 16.3. The van der Waals surface area contributed by atoms with Gasteiger partial charge in [0.25, 0.3) is 0 Å². The lowest BCUT2D eigenvalue weighted by Crippen LogP contribution is -2.22. The van der Waals surface area contributed by atoms with Gasteiger partial charge in [-0.3, -0.25) is 0 Å². The topological polar surface area (TPSA) is 38.0 Å². The van der Waals surface area contributed by atoms with Crippen LogP contribution in [0.25, 0.3) is 11.1 Å². The second kappa shape index (κ2) is 4.72. The Balaban J connectivity index is 2.62. The molecule has 0 amide bonds. The first kappa shape index (κ1) is 13.7. The van der Waals surface area contributed by atoms with Crippen LogP contribution in [-0.2, 0) is 12.0 Å². The molecule has 0 radical (unpaired) electrons. The van der Waals surface area contributed by atoms with E-state index in [-0.39, 0.29) is 11.4 Å². The Morgan fingerprint density at radius 3 is 2.21 bits per heavy atom. The average molecular weight is 258 g/mol. The number of hydrogen-bond donors (Lipinski definition) is 1. The standard InChI is InChI=1S/C16H22N2O/c1-6-13-14(12-9-7-11(2)8-10-12)15(19)18(17-13)16(3,4)5/h7-10,19H,6H2,1-5H3. The maximum atomic E-state index is 10.5. The number of hydrogen-bond acceptors (Lipinski definition) is 2. The molecule has 0 fully saturated rings. The van der Waals surface area contributed by atoms with E-state index < -0.39 is 0 Å². The van der Waals surface area contributed by atoms with Gasteiger partial charge in [0.15, 0.2) is 0 Å². The predicted octanol–water partition coefficient (Wildman–Crippen LogP) is 3.88. The minimum atomic E-state index is -0.225. The van der Waals surface area contributed by atoms with Gasteiger partial charge >= 0.3 is 0 Å². The summed E-state index contributed by atoms with van der Waals surface area (Å²) in [6, 6.07) is 8.20. The Labute approximate surface area is 114 Å². The number of aromatic hydroxyl groups is 1. The molecule has 0 spiro atoms. The molecule has 2 aromatic rings. The molecule has 3 heteroatoms. The first-order chi connectivity index (χ1) is 8.84. The summed E-state index contributed by atoms with van der Waals surface area (Å²) in [7, 11) is 0. The van der Waals surface area contributed by atoms with Crippen LogP contribution in [0.15, 0.2) is 24.3 Å². The van der Waals surface area contributed by atoms with Crippen molar-refractivity contribution in [2.45, 2.75) is 46.6 Å². The number of aryl methyl sites for hydroxylation is 2. The van der Waals surface area contributed by atoms with Crippen molar-refractivity contribution >= 4 is 0 Å². The monoisotopic (exact) mass is 258 g/mol. The highest BCUT2D eigenvalue weighted by Crippen LogP contribution is 2.36. The normalized spacial score (nSPS) is 11.8. The largest absolute Gasteiger partial charge is 0.493 e. The van der Waals surface area contributed by atoms with Crippen molar-refractivity contribution in [3.8, 4) is 17.0 Å². The molecule has 102 valence electrons. The molecular formula is C16H22N2O. The summed E-state index contributed by atoms with van der Waals surface area (Å²) in [6.45, 7) is 10.2. The zero-order chi connectivity index (χ0) is 14.2. The van der Waals surface area contributed by atoms with Gasteiger partial charge in [0.2, 0.25) is 5.88 Å². The summed E-state index contributed by atoms with van der Waals surface area (Å²) in [5.74, 6) is 0.258. The molecule has 1 heterocycles. The van der Waals surface area contributed by atoms with Crippen LogP contribution in [0, 0.1) is 6.92 Å². The molecule has 3 nitrogen and oxygen atoms in total.